The third-order valence-electron chi connectivity index (χ3n) is 5.36. The van der Waals surface area contributed by atoms with Crippen LogP contribution < -0.4 is 15.8 Å². The van der Waals surface area contributed by atoms with Crippen molar-refractivity contribution in [3.8, 4) is 5.75 Å². The maximum atomic E-state index is 11.5. The van der Waals surface area contributed by atoms with E-state index in [1.807, 2.05) is 60.8 Å². The van der Waals surface area contributed by atoms with Crippen LogP contribution in [0.2, 0.25) is 0 Å². The van der Waals surface area contributed by atoms with Crippen molar-refractivity contribution in [2.24, 2.45) is 0 Å². The number of rotatable bonds is 10. The van der Waals surface area contributed by atoms with Gasteiger partial charge in [-0.2, -0.15) is 0 Å². The summed E-state index contributed by atoms with van der Waals surface area (Å²) in [5, 5.41) is 13.6. The van der Waals surface area contributed by atoms with Gasteiger partial charge in [-0.15, -0.1) is 0 Å². The van der Waals surface area contributed by atoms with Crippen LogP contribution in [-0.4, -0.2) is 34.2 Å². The first-order chi connectivity index (χ1) is 15.6. The molecule has 2 aromatic heterocycles. The van der Waals surface area contributed by atoms with E-state index in [4.69, 9.17) is 10.5 Å². The van der Waals surface area contributed by atoms with Crippen LogP contribution in [0.5, 0.6) is 5.75 Å². The number of fused-ring (bicyclic) bond motifs is 1. The van der Waals surface area contributed by atoms with Gasteiger partial charge in [0.1, 0.15) is 11.6 Å². The number of nitrogens with zero attached hydrogens (tertiary/aromatic N) is 1. The molecule has 4 rings (SSSR count). The first kappa shape index (κ1) is 21.2. The summed E-state index contributed by atoms with van der Waals surface area (Å²) >= 11 is 0. The maximum absolute atomic E-state index is 11.5. The summed E-state index contributed by atoms with van der Waals surface area (Å²) in [6.07, 6.45) is 4.42. The highest BCUT2D eigenvalue weighted by Crippen LogP contribution is 2.34. The number of aromatic nitrogens is 2. The van der Waals surface area contributed by atoms with Gasteiger partial charge in [0.05, 0.1) is 18.7 Å². The molecule has 2 heterocycles. The molecule has 0 amide bonds. The largest absolute Gasteiger partial charge is 0.493 e. The number of hydrogen-bond donors (Lipinski definition) is 4. The van der Waals surface area contributed by atoms with Crippen LogP contribution in [0.15, 0.2) is 73.1 Å². The SMILES string of the molecule is Nc1cccnc1NCCCOc1ccc2c(C(CC(=O)O)c3ccccc3)c[nH]c2c1. The van der Waals surface area contributed by atoms with E-state index in [1.165, 1.54) is 0 Å². The normalized spacial score (nSPS) is 11.9. The number of benzene rings is 2. The fraction of sp³-hybridized carbons (Fsp3) is 0.200. The molecule has 0 bridgehead atoms. The Bertz CT molecular complexity index is 1190. The summed E-state index contributed by atoms with van der Waals surface area (Å²) in [5.74, 6) is 0.397. The number of nitrogens with one attached hydrogen (secondary N) is 2. The fourth-order valence-electron chi connectivity index (χ4n) is 3.81. The van der Waals surface area contributed by atoms with E-state index in [1.54, 1.807) is 12.3 Å². The Morgan fingerprint density at radius 2 is 2.00 bits per heavy atom. The summed E-state index contributed by atoms with van der Waals surface area (Å²) in [7, 11) is 0. The highest BCUT2D eigenvalue weighted by Gasteiger charge is 2.21. The van der Waals surface area contributed by atoms with Crippen LogP contribution in [-0.2, 0) is 4.79 Å². The van der Waals surface area contributed by atoms with E-state index in [0.717, 1.165) is 34.2 Å². The smallest absolute Gasteiger partial charge is 0.304 e. The van der Waals surface area contributed by atoms with Gasteiger partial charge in [-0.1, -0.05) is 30.3 Å². The van der Waals surface area contributed by atoms with Crippen molar-refractivity contribution >= 4 is 28.4 Å². The molecule has 5 N–H and O–H groups in total. The van der Waals surface area contributed by atoms with Crippen LogP contribution in [0.3, 0.4) is 0 Å². The Morgan fingerprint density at radius 1 is 1.16 bits per heavy atom. The average Bonchev–Trinajstić information content (AvgIpc) is 3.22. The van der Waals surface area contributed by atoms with Crippen molar-refractivity contribution in [2.45, 2.75) is 18.8 Å². The van der Waals surface area contributed by atoms with Crippen molar-refractivity contribution in [3.63, 3.8) is 0 Å². The average molecular weight is 431 g/mol. The second-order valence-corrected chi connectivity index (χ2v) is 7.58. The summed E-state index contributed by atoms with van der Waals surface area (Å²) in [4.78, 5) is 19.0. The van der Waals surface area contributed by atoms with Crippen LogP contribution >= 0.6 is 0 Å². The molecule has 7 heteroatoms. The molecule has 0 radical (unpaired) electrons. The highest BCUT2D eigenvalue weighted by atomic mass is 16.5. The Morgan fingerprint density at radius 3 is 2.78 bits per heavy atom. The lowest BCUT2D eigenvalue weighted by atomic mass is 9.88. The molecule has 0 aliphatic carbocycles. The minimum Gasteiger partial charge on any atom is -0.493 e. The van der Waals surface area contributed by atoms with E-state index < -0.39 is 5.97 Å². The molecule has 4 aromatic rings. The zero-order chi connectivity index (χ0) is 22.3. The summed E-state index contributed by atoms with van der Waals surface area (Å²) < 4.78 is 5.90. The zero-order valence-corrected chi connectivity index (χ0v) is 17.6. The van der Waals surface area contributed by atoms with Gasteiger partial charge in [-0.25, -0.2) is 4.98 Å². The number of anilines is 2. The van der Waals surface area contributed by atoms with Crippen LogP contribution in [0, 0.1) is 0 Å². The molecule has 1 unspecified atom stereocenters. The molecule has 32 heavy (non-hydrogen) atoms. The maximum Gasteiger partial charge on any atom is 0.304 e. The minimum absolute atomic E-state index is 0.0308. The number of carbonyl (C=O) groups is 1. The number of hydrogen-bond acceptors (Lipinski definition) is 5. The van der Waals surface area contributed by atoms with Crippen molar-refractivity contribution in [1.29, 1.82) is 0 Å². The van der Waals surface area contributed by atoms with Gasteiger partial charge in [0, 0.05) is 41.8 Å². The minimum atomic E-state index is -0.825. The van der Waals surface area contributed by atoms with Crippen LogP contribution in [0.1, 0.15) is 29.9 Å². The summed E-state index contributed by atoms with van der Waals surface area (Å²) in [6.45, 7) is 1.24. The second-order valence-electron chi connectivity index (χ2n) is 7.58. The number of pyridine rings is 1. The lowest BCUT2D eigenvalue weighted by Gasteiger charge is -2.15. The molecule has 0 fully saturated rings. The van der Waals surface area contributed by atoms with Gasteiger partial charge in [0.2, 0.25) is 0 Å². The Balaban J connectivity index is 1.41. The zero-order valence-electron chi connectivity index (χ0n) is 17.6. The molecule has 0 aliphatic heterocycles. The topological polar surface area (TPSA) is 113 Å². The van der Waals surface area contributed by atoms with Crippen molar-refractivity contribution in [2.75, 3.05) is 24.2 Å². The highest BCUT2D eigenvalue weighted by molar-refractivity contribution is 5.86. The fourth-order valence-corrected chi connectivity index (χ4v) is 3.81. The molecule has 7 nitrogen and oxygen atoms in total. The summed E-state index contributed by atoms with van der Waals surface area (Å²) in [5.41, 5.74) is 9.37. The number of nitrogen functional groups attached to an aromatic ring is 1. The number of ether oxygens (including phenoxy) is 1. The molecule has 2 aromatic carbocycles. The molecule has 164 valence electrons. The van der Waals surface area contributed by atoms with Crippen molar-refractivity contribution < 1.29 is 14.6 Å². The summed E-state index contributed by atoms with van der Waals surface area (Å²) in [6, 6.07) is 19.2. The van der Waals surface area contributed by atoms with E-state index in [-0.39, 0.29) is 12.3 Å². The van der Waals surface area contributed by atoms with Crippen LogP contribution in [0.25, 0.3) is 10.9 Å². The molecule has 0 saturated carbocycles. The molecule has 0 saturated heterocycles. The van der Waals surface area contributed by atoms with E-state index in [9.17, 15) is 9.90 Å². The van der Waals surface area contributed by atoms with Gasteiger partial charge in [-0.3, -0.25) is 4.79 Å². The number of aromatic amines is 1. The predicted molar refractivity (Wildman–Crippen MR) is 126 cm³/mol. The number of carboxylic acid groups (broad SMARTS) is 1. The molecule has 1 atom stereocenters. The third-order valence-corrected chi connectivity index (χ3v) is 5.36. The Labute approximate surface area is 186 Å². The van der Waals surface area contributed by atoms with E-state index >= 15 is 0 Å². The lowest BCUT2D eigenvalue weighted by molar-refractivity contribution is -0.137. The number of H-pyrrole nitrogens is 1. The number of carboxylic acids is 1. The number of aliphatic carboxylic acids is 1. The molecule has 0 aliphatic rings. The first-order valence-electron chi connectivity index (χ1n) is 10.6. The first-order valence-corrected chi connectivity index (χ1v) is 10.6. The lowest BCUT2D eigenvalue weighted by Crippen LogP contribution is -2.09. The standard InChI is InChI=1S/C25H26N4O3/c26-22-8-4-11-27-25(22)28-12-5-13-32-18-9-10-19-21(16-29-23(19)14-18)20(15-24(30)31)17-6-2-1-3-7-17/h1-4,6-11,14,16,20,29H,5,12-13,15,26H2,(H,27,28)(H,30,31). The van der Waals surface area contributed by atoms with Gasteiger partial charge >= 0.3 is 5.97 Å². The number of nitrogens with two attached hydrogens (primary N) is 1. The third kappa shape index (κ3) is 5.00. The molecular formula is C25H26N4O3. The van der Waals surface area contributed by atoms with Gasteiger partial charge in [-0.05, 0) is 41.8 Å². The molecule has 0 spiro atoms. The second kappa shape index (κ2) is 9.87. The van der Waals surface area contributed by atoms with Gasteiger partial charge in [0.25, 0.3) is 0 Å². The van der Waals surface area contributed by atoms with Crippen LogP contribution in [0.4, 0.5) is 11.5 Å². The predicted octanol–water partition coefficient (Wildman–Crippen LogP) is 4.63. The Kier molecular flexibility index (Phi) is 6.55. The van der Waals surface area contributed by atoms with Gasteiger partial charge < -0.3 is 25.9 Å². The monoisotopic (exact) mass is 430 g/mol. The van der Waals surface area contributed by atoms with Crippen molar-refractivity contribution in [1.82, 2.24) is 9.97 Å². The van der Waals surface area contributed by atoms with Crippen molar-refractivity contribution in [3.05, 3.63) is 84.2 Å². The van der Waals surface area contributed by atoms with E-state index in [2.05, 4.69) is 15.3 Å². The Hall–Kier alpha value is -4.00. The van der Waals surface area contributed by atoms with Gasteiger partial charge in [0.15, 0.2) is 0 Å². The van der Waals surface area contributed by atoms with E-state index in [0.29, 0.717) is 24.7 Å². The molecular weight excluding hydrogens is 404 g/mol. The quantitative estimate of drug-likeness (QED) is 0.273.